The zero-order valence-corrected chi connectivity index (χ0v) is 22.6. The first-order valence-corrected chi connectivity index (χ1v) is 13.8. The van der Waals surface area contributed by atoms with Crippen LogP contribution in [0.2, 0.25) is 0 Å². The number of ether oxygens (including phenoxy) is 3. The quantitative estimate of drug-likeness (QED) is 0.242. The number of nitrogen functional groups attached to an aromatic ring is 1. The molecule has 1 aliphatic rings. The molecule has 1 aliphatic carbocycles. The van der Waals surface area contributed by atoms with Crippen molar-refractivity contribution in [3.05, 3.63) is 114 Å². The van der Waals surface area contributed by atoms with Gasteiger partial charge in [0.2, 0.25) is 11.8 Å². The second-order valence-electron chi connectivity index (χ2n) is 10.3. The topological polar surface area (TPSA) is 118 Å². The lowest BCUT2D eigenvalue weighted by Crippen LogP contribution is -2.31. The van der Waals surface area contributed by atoms with Crippen molar-refractivity contribution in [2.24, 2.45) is 5.92 Å². The number of hydrogen-bond donors (Lipinski definition) is 2. The van der Waals surface area contributed by atoms with Gasteiger partial charge in [0.25, 0.3) is 0 Å². The lowest BCUT2D eigenvalue weighted by Gasteiger charge is -2.23. The van der Waals surface area contributed by atoms with E-state index in [9.17, 15) is 5.11 Å². The van der Waals surface area contributed by atoms with Gasteiger partial charge in [-0.1, -0.05) is 91.0 Å². The molecule has 1 saturated carbocycles. The summed E-state index contributed by atoms with van der Waals surface area (Å²) in [5, 5.41) is 11.6. The number of rotatable bonds is 11. The van der Waals surface area contributed by atoms with Gasteiger partial charge in [-0.25, -0.2) is 4.98 Å². The van der Waals surface area contributed by atoms with E-state index in [1.807, 2.05) is 95.6 Å². The molecule has 0 unspecified atom stereocenters. The number of aliphatic hydroxyl groups excluding tert-OH is 1. The minimum absolute atomic E-state index is 0.0782. The summed E-state index contributed by atoms with van der Waals surface area (Å²) in [6.45, 7) is 1.57. The van der Waals surface area contributed by atoms with E-state index >= 15 is 0 Å². The van der Waals surface area contributed by atoms with Gasteiger partial charge in [-0.15, -0.1) is 0 Å². The lowest BCUT2D eigenvalue weighted by molar-refractivity contribution is -0.0475. The molecule has 6 rings (SSSR count). The van der Waals surface area contributed by atoms with Crippen LogP contribution >= 0.6 is 0 Å². The molecule has 2 aromatic heterocycles. The van der Waals surface area contributed by atoms with Crippen molar-refractivity contribution in [3.8, 4) is 5.88 Å². The van der Waals surface area contributed by atoms with Gasteiger partial charge >= 0.3 is 0 Å². The summed E-state index contributed by atoms with van der Waals surface area (Å²) >= 11 is 0. The van der Waals surface area contributed by atoms with E-state index in [0.717, 1.165) is 16.7 Å². The van der Waals surface area contributed by atoms with Gasteiger partial charge in [-0.2, -0.15) is 9.97 Å². The summed E-state index contributed by atoms with van der Waals surface area (Å²) in [6, 6.07) is 29.5. The van der Waals surface area contributed by atoms with Gasteiger partial charge in [-0.3, -0.25) is 0 Å². The number of hydrogen-bond acceptors (Lipinski definition) is 8. The van der Waals surface area contributed by atoms with Gasteiger partial charge in [0.1, 0.15) is 6.61 Å². The summed E-state index contributed by atoms with van der Waals surface area (Å²) in [6.07, 6.45) is 1.23. The van der Waals surface area contributed by atoms with Crippen molar-refractivity contribution < 1.29 is 19.3 Å². The van der Waals surface area contributed by atoms with Crippen LogP contribution in [0.15, 0.2) is 97.3 Å². The van der Waals surface area contributed by atoms with Crippen LogP contribution in [0.5, 0.6) is 5.88 Å². The molecule has 0 spiro atoms. The van der Waals surface area contributed by atoms with Crippen LogP contribution in [0.25, 0.3) is 11.2 Å². The number of aromatic nitrogens is 4. The molecule has 0 aliphatic heterocycles. The van der Waals surface area contributed by atoms with E-state index in [4.69, 9.17) is 19.9 Å². The van der Waals surface area contributed by atoms with Gasteiger partial charge in [-0.05, 0) is 23.1 Å². The summed E-state index contributed by atoms with van der Waals surface area (Å²) in [5.41, 5.74) is 10.2. The van der Waals surface area contributed by atoms with Crippen molar-refractivity contribution in [1.82, 2.24) is 19.5 Å². The highest BCUT2D eigenvalue weighted by Gasteiger charge is 2.45. The fraction of sp³-hybridized carbons (Fsp3) is 0.281. The monoisotopic (exact) mass is 551 g/mol. The Morgan fingerprint density at radius 2 is 1.41 bits per heavy atom. The van der Waals surface area contributed by atoms with E-state index in [1.54, 1.807) is 6.33 Å². The van der Waals surface area contributed by atoms with Crippen LogP contribution < -0.4 is 10.5 Å². The lowest BCUT2D eigenvalue weighted by atomic mass is 10.0. The van der Waals surface area contributed by atoms with Crippen LogP contribution in [0.3, 0.4) is 0 Å². The minimum Gasteiger partial charge on any atom is -0.471 e. The zero-order valence-electron chi connectivity index (χ0n) is 22.6. The summed E-state index contributed by atoms with van der Waals surface area (Å²) in [4.78, 5) is 13.3. The number of anilines is 1. The summed E-state index contributed by atoms with van der Waals surface area (Å²) in [5.74, 6) is 0.134. The standard InChI is InChI=1S/C32H33N5O4/c33-32-35-30-28(31(36-32)41-19-24-14-8-3-9-15-24)34-21-37(30)26-16-27(40-18-23-12-6-2-7-13-23)25(29(26)38)20-39-17-22-10-4-1-5-11-22/h1-15,21,25-27,29,38H,16-20H2,(H2,33,35,36)/t25-,26-,27-,29-/m0/s1. The Morgan fingerprint density at radius 3 is 2.07 bits per heavy atom. The molecule has 3 N–H and O–H groups in total. The molecule has 0 radical (unpaired) electrons. The Kier molecular flexibility index (Phi) is 8.18. The maximum Gasteiger partial charge on any atom is 0.247 e. The third-order valence-electron chi connectivity index (χ3n) is 7.50. The van der Waals surface area contributed by atoms with Crippen molar-refractivity contribution in [1.29, 1.82) is 0 Å². The summed E-state index contributed by atoms with van der Waals surface area (Å²) < 4.78 is 20.3. The number of nitrogens with two attached hydrogens (primary N) is 1. The fourth-order valence-electron chi connectivity index (χ4n) is 5.37. The van der Waals surface area contributed by atoms with Crippen LogP contribution in [0.4, 0.5) is 5.95 Å². The molecule has 0 bridgehead atoms. The smallest absolute Gasteiger partial charge is 0.247 e. The maximum atomic E-state index is 11.6. The van der Waals surface area contributed by atoms with E-state index in [1.165, 1.54) is 0 Å². The van der Waals surface area contributed by atoms with E-state index in [2.05, 4.69) is 15.0 Å². The second kappa shape index (κ2) is 12.5. The molecule has 3 aromatic carbocycles. The molecule has 210 valence electrons. The maximum absolute atomic E-state index is 11.6. The Bertz CT molecular complexity index is 1550. The van der Waals surface area contributed by atoms with Gasteiger partial charge in [0.15, 0.2) is 11.2 Å². The Hall–Kier alpha value is -4.31. The number of nitrogens with zero attached hydrogens (tertiary/aromatic N) is 4. The molecule has 41 heavy (non-hydrogen) atoms. The summed E-state index contributed by atoms with van der Waals surface area (Å²) in [7, 11) is 0. The number of fused-ring (bicyclic) bond motifs is 1. The van der Waals surface area contributed by atoms with Gasteiger partial charge < -0.3 is 29.6 Å². The van der Waals surface area contributed by atoms with Gasteiger partial charge in [0.05, 0.1) is 44.4 Å². The fourth-order valence-corrected chi connectivity index (χ4v) is 5.37. The van der Waals surface area contributed by atoms with Crippen LogP contribution in [-0.4, -0.2) is 43.4 Å². The first-order chi connectivity index (χ1) is 20.2. The number of imidazole rings is 1. The van der Waals surface area contributed by atoms with Crippen molar-refractivity contribution >= 4 is 17.1 Å². The molecule has 5 aromatic rings. The van der Waals surface area contributed by atoms with Crippen molar-refractivity contribution in [2.45, 2.75) is 44.5 Å². The minimum atomic E-state index is -0.756. The molecule has 0 saturated heterocycles. The largest absolute Gasteiger partial charge is 0.471 e. The van der Waals surface area contributed by atoms with Crippen LogP contribution in [0, 0.1) is 5.92 Å². The molecule has 9 nitrogen and oxygen atoms in total. The number of aliphatic hydroxyl groups is 1. The average Bonchev–Trinajstić information content (AvgIpc) is 3.56. The molecular formula is C32H33N5O4. The molecular weight excluding hydrogens is 518 g/mol. The highest BCUT2D eigenvalue weighted by molar-refractivity contribution is 5.77. The molecule has 0 amide bonds. The third kappa shape index (κ3) is 6.22. The first-order valence-electron chi connectivity index (χ1n) is 13.8. The van der Waals surface area contributed by atoms with Crippen LogP contribution in [0.1, 0.15) is 29.2 Å². The van der Waals surface area contributed by atoms with Crippen molar-refractivity contribution in [3.63, 3.8) is 0 Å². The second-order valence-corrected chi connectivity index (χ2v) is 10.3. The molecule has 1 fully saturated rings. The predicted octanol–water partition coefficient (Wildman–Crippen LogP) is 4.71. The third-order valence-corrected chi connectivity index (χ3v) is 7.50. The molecule has 4 atom stereocenters. The molecule has 2 heterocycles. The SMILES string of the molecule is Nc1nc(OCc2ccccc2)c2ncn([C@H]3C[C@H](OCc4ccccc4)[C@H](COCc4ccccc4)[C@@H]3O)c2n1. The van der Waals surface area contributed by atoms with Crippen LogP contribution in [-0.2, 0) is 29.3 Å². The Morgan fingerprint density at radius 1 is 0.805 bits per heavy atom. The first kappa shape index (κ1) is 26.9. The van der Waals surface area contributed by atoms with Gasteiger partial charge in [0, 0.05) is 5.92 Å². The van der Waals surface area contributed by atoms with E-state index in [0.29, 0.717) is 49.9 Å². The number of benzene rings is 3. The molecule has 9 heteroatoms. The Labute approximate surface area is 238 Å². The van der Waals surface area contributed by atoms with E-state index < -0.39 is 6.10 Å². The van der Waals surface area contributed by atoms with E-state index in [-0.39, 0.29) is 24.0 Å². The Balaban J connectivity index is 1.23. The van der Waals surface area contributed by atoms with Crippen molar-refractivity contribution in [2.75, 3.05) is 12.3 Å². The zero-order chi connectivity index (χ0) is 28.0. The normalized spacial score (nSPS) is 20.4. The predicted molar refractivity (Wildman–Crippen MR) is 155 cm³/mol. The highest BCUT2D eigenvalue weighted by atomic mass is 16.5. The average molecular weight is 552 g/mol. The highest BCUT2D eigenvalue weighted by Crippen LogP contribution is 2.40.